The van der Waals surface area contributed by atoms with Crippen molar-refractivity contribution in [2.75, 3.05) is 5.75 Å². The highest BCUT2D eigenvalue weighted by molar-refractivity contribution is 9.10. The second kappa shape index (κ2) is 5.49. The third-order valence-electron chi connectivity index (χ3n) is 2.86. The number of rotatable bonds is 4. The lowest BCUT2D eigenvalue weighted by Crippen LogP contribution is -2.04. The van der Waals surface area contributed by atoms with Crippen LogP contribution in [0.1, 0.15) is 32.5 Å². The zero-order valence-corrected chi connectivity index (χ0v) is 12.9. The molecule has 0 N–H and O–H groups in total. The third-order valence-corrected chi connectivity index (χ3v) is 4.41. The maximum absolute atomic E-state index is 3.67. The van der Waals surface area contributed by atoms with Crippen molar-refractivity contribution in [1.29, 1.82) is 0 Å². The second-order valence-corrected chi connectivity index (χ2v) is 6.54. The maximum Gasteiger partial charge on any atom is 0.0629 e. The molecule has 0 saturated heterocycles. The number of para-hydroxylation sites is 1. The Bertz CT molecular complexity index is 516. The fourth-order valence-corrected chi connectivity index (χ4v) is 3.41. The van der Waals surface area contributed by atoms with Crippen molar-refractivity contribution in [2.45, 2.75) is 32.6 Å². The van der Waals surface area contributed by atoms with Crippen LogP contribution in [0.2, 0.25) is 0 Å². The van der Waals surface area contributed by atoms with Gasteiger partial charge >= 0.3 is 0 Å². The fraction of sp³-hybridized carbons (Fsp3) is 0.429. The van der Waals surface area contributed by atoms with Gasteiger partial charge in [-0.25, -0.2) is 0 Å². The van der Waals surface area contributed by atoms with Gasteiger partial charge in [0.1, 0.15) is 0 Å². The molecular weight excluding hydrogens is 294 g/mol. The Labute approximate surface area is 116 Å². The Kier molecular flexibility index (Phi) is 4.21. The van der Waals surface area contributed by atoms with Crippen molar-refractivity contribution in [3.8, 4) is 0 Å². The Hall–Kier alpha value is -0.410. The molecule has 0 aliphatic rings. The topological polar surface area (TPSA) is 4.93 Å². The molecule has 0 aliphatic carbocycles. The number of hydrogen-bond acceptors (Lipinski definition) is 1. The van der Waals surface area contributed by atoms with Crippen LogP contribution < -0.4 is 0 Å². The molecule has 0 bridgehead atoms. The molecule has 2 aromatic rings. The van der Waals surface area contributed by atoms with E-state index in [4.69, 9.17) is 0 Å². The molecule has 0 atom stereocenters. The zero-order chi connectivity index (χ0) is 12.4. The van der Waals surface area contributed by atoms with Crippen molar-refractivity contribution in [2.24, 2.45) is 0 Å². The van der Waals surface area contributed by atoms with Crippen LogP contribution in [-0.4, -0.2) is 10.3 Å². The molecular formula is C14H18BrNS. The summed E-state index contributed by atoms with van der Waals surface area (Å²) in [6.07, 6.45) is 0. The summed E-state index contributed by atoms with van der Waals surface area (Å²) < 4.78 is 3.64. The highest BCUT2D eigenvalue weighted by Crippen LogP contribution is 2.31. The Morgan fingerprint density at radius 1 is 1.35 bits per heavy atom. The van der Waals surface area contributed by atoms with E-state index in [2.05, 4.69) is 65.5 Å². The van der Waals surface area contributed by atoms with Crippen LogP contribution >= 0.6 is 27.7 Å². The van der Waals surface area contributed by atoms with Crippen molar-refractivity contribution in [3.63, 3.8) is 0 Å². The molecule has 0 radical (unpaired) electrons. The Balaban J connectivity index is 2.59. The number of hydrogen-bond donors (Lipinski definition) is 0. The maximum atomic E-state index is 3.67. The standard InChI is InChI=1S/C14H18BrNS/c1-4-17-9-12-8-11-6-5-7-13(15)14(11)16(12)10(2)3/h5-8,10H,4,9H2,1-3H3. The quantitative estimate of drug-likeness (QED) is 0.747. The van der Waals surface area contributed by atoms with E-state index in [1.54, 1.807) is 0 Å². The molecule has 0 unspecified atom stereocenters. The first-order chi connectivity index (χ1) is 8.15. The molecule has 1 aromatic heterocycles. The van der Waals surface area contributed by atoms with Crippen molar-refractivity contribution in [3.05, 3.63) is 34.4 Å². The Morgan fingerprint density at radius 2 is 2.12 bits per heavy atom. The van der Waals surface area contributed by atoms with Gasteiger partial charge in [-0.05, 0) is 47.7 Å². The predicted octanol–water partition coefficient (Wildman–Crippen LogP) is 5.24. The Morgan fingerprint density at radius 3 is 2.76 bits per heavy atom. The number of fused-ring (bicyclic) bond motifs is 1. The molecule has 0 fully saturated rings. The smallest absolute Gasteiger partial charge is 0.0629 e. The summed E-state index contributed by atoms with van der Waals surface area (Å²) in [6.45, 7) is 6.71. The van der Waals surface area contributed by atoms with Gasteiger partial charge in [-0.15, -0.1) is 0 Å². The van der Waals surface area contributed by atoms with Gasteiger partial charge in [0.25, 0.3) is 0 Å². The minimum absolute atomic E-state index is 0.499. The largest absolute Gasteiger partial charge is 0.340 e. The predicted molar refractivity (Wildman–Crippen MR) is 81.9 cm³/mol. The summed E-state index contributed by atoms with van der Waals surface area (Å²) in [5.41, 5.74) is 2.75. The lowest BCUT2D eigenvalue weighted by Gasteiger charge is -2.15. The highest BCUT2D eigenvalue weighted by atomic mass is 79.9. The summed E-state index contributed by atoms with van der Waals surface area (Å²) in [4.78, 5) is 0. The van der Waals surface area contributed by atoms with Crippen LogP contribution in [-0.2, 0) is 5.75 Å². The monoisotopic (exact) mass is 311 g/mol. The molecule has 0 amide bonds. The number of aromatic nitrogens is 1. The van der Waals surface area contributed by atoms with Crippen molar-refractivity contribution < 1.29 is 0 Å². The van der Waals surface area contributed by atoms with E-state index in [9.17, 15) is 0 Å². The summed E-state index contributed by atoms with van der Waals surface area (Å²) >= 11 is 5.65. The van der Waals surface area contributed by atoms with Crippen molar-refractivity contribution >= 4 is 38.6 Å². The number of halogens is 1. The molecule has 0 saturated carbocycles. The molecule has 1 aromatic carbocycles. The van der Waals surface area contributed by atoms with Gasteiger partial charge in [-0.2, -0.15) is 11.8 Å². The fourth-order valence-electron chi connectivity index (χ4n) is 2.20. The highest BCUT2D eigenvalue weighted by Gasteiger charge is 2.13. The van der Waals surface area contributed by atoms with Crippen LogP contribution in [0.4, 0.5) is 0 Å². The lowest BCUT2D eigenvalue weighted by molar-refractivity contribution is 0.605. The van der Waals surface area contributed by atoms with E-state index in [1.807, 2.05) is 11.8 Å². The first-order valence-corrected chi connectivity index (χ1v) is 7.96. The van der Waals surface area contributed by atoms with Gasteiger partial charge in [0.05, 0.1) is 5.52 Å². The molecule has 1 nitrogen and oxygen atoms in total. The summed E-state index contributed by atoms with van der Waals surface area (Å²) in [5, 5.41) is 1.33. The van der Waals surface area contributed by atoms with Gasteiger partial charge in [-0.3, -0.25) is 0 Å². The van der Waals surface area contributed by atoms with E-state index in [-0.39, 0.29) is 0 Å². The molecule has 2 rings (SSSR count). The summed E-state index contributed by atoms with van der Waals surface area (Å²) in [7, 11) is 0. The molecule has 0 aliphatic heterocycles. The normalized spacial score (nSPS) is 11.6. The SMILES string of the molecule is CCSCc1cc2cccc(Br)c2n1C(C)C. The molecule has 17 heavy (non-hydrogen) atoms. The molecule has 1 heterocycles. The van der Waals surface area contributed by atoms with Crippen LogP contribution in [0.5, 0.6) is 0 Å². The summed E-state index contributed by atoms with van der Waals surface area (Å²) in [6, 6.07) is 9.24. The number of nitrogens with zero attached hydrogens (tertiary/aromatic N) is 1. The van der Waals surface area contributed by atoms with E-state index < -0.39 is 0 Å². The van der Waals surface area contributed by atoms with Crippen LogP contribution in [0, 0.1) is 0 Å². The van der Waals surface area contributed by atoms with E-state index in [0.717, 1.165) is 5.75 Å². The molecule has 0 spiro atoms. The van der Waals surface area contributed by atoms with Gasteiger partial charge < -0.3 is 4.57 Å². The minimum atomic E-state index is 0.499. The zero-order valence-electron chi connectivity index (χ0n) is 10.5. The molecule has 3 heteroatoms. The van der Waals surface area contributed by atoms with Crippen molar-refractivity contribution in [1.82, 2.24) is 4.57 Å². The van der Waals surface area contributed by atoms with Crippen LogP contribution in [0.15, 0.2) is 28.7 Å². The average molecular weight is 312 g/mol. The van der Waals surface area contributed by atoms with E-state index in [0.29, 0.717) is 6.04 Å². The van der Waals surface area contributed by atoms with Crippen LogP contribution in [0.3, 0.4) is 0 Å². The molecule has 92 valence electrons. The average Bonchev–Trinajstić information content (AvgIpc) is 2.66. The van der Waals surface area contributed by atoms with Crippen LogP contribution in [0.25, 0.3) is 10.9 Å². The van der Waals surface area contributed by atoms with Gasteiger partial charge in [0, 0.05) is 27.3 Å². The first-order valence-electron chi connectivity index (χ1n) is 6.01. The summed E-state index contributed by atoms with van der Waals surface area (Å²) in [5.74, 6) is 2.26. The van der Waals surface area contributed by atoms with E-state index >= 15 is 0 Å². The second-order valence-electron chi connectivity index (χ2n) is 4.41. The van der Waals surface area contributed by atoms with Gasteiger partial charge in [0.15, 0.2) is 0 Å². The lowest BCUT2D eigenvalue weighted by atomic mass is 10.2. The first kappa shape index (κ1) is 13.0. The number of benzene rings is 1. The number of thioether (sulfide) groups is 1. The third kappa shape index (κ3) is 2.55. The van der Waals surface area contributed by atoms with Gasteiger partial charge in [-0.1, -0.05) is 19.1 Å². The van der Waals surface area contributed by atoms with Gasteiger partial charge in [0.2, 0.25) is 0 Å². The van der Waals surface area contributed by atoms with E-state index in [1.165, 1.54) is 26.8 Å². The minimum Gasteiger partial charge on any atom is -0.340 e.